The van der Waals surface area contributed by atoms with E-state index in [1.807, 2.05) is 0 Å². The number of carbonyl (C=O) groups is 1. The fourth-order valence-corrected chi connectivity index (χ4v) is 4.70. The van der Waals surface area contributed by atoms with E-state index >= 15 is 0 Å². The van der Waals surface area contributed by atoms with Crippen LogP contribution in [0.2, 0.25) is 0 Å². The topological polar surface area (TPSA) is 151 Å². The van der Waals surface area contributed by atoms with Crippen LogP contribution in [-0.4, -0.2) is 48.3 Å². The van der Waals surface area contributed by atoms with Gasteiger partial charge in [-0.15, -0.1) is 0 Å². The number of nitrogens with one attached hydrogen (secondary N) is 2. The SMILES string of the molecule is COc1ccc(CCO)c(Nc2nc3ccccc3nc2NS(=O)(=O)c2ccc(C(C)C(=O)O)cc2)c1. The zero-order valence-corrected chi connectivity index (χ0v) is 21.0. The van der Waals surface area contributed by atoms with Crippen molar-refractivity contribution < 1.29 is 28.2 Å². The Bertz CT molecular complexity index is 1540. The Morgan fingerprint density at radius 2 is 1.65 bits per heavy atom. The highest BCUT2D eigenvalue weighted by Gasteiger charge is 2.21. The van der Waals surface area contributed by atoms with Crippen LogP contribution in [0.25, 0.3) is 11.0 Å². The van der Waals surface area contributed by atoms with Gasteiger partial charge in [0.05, 0.1) is 29.0 Å². The summed E-state index contributed by atoms with van der Waals surface area (Å²) in [7, 11) is -2.57. The largest absolute Gasteiger partial charge is 0.497 e. The van der Waals surface area contributed by atoms with E-state index in [0.717, 1.165) is 5.56 Å². The minimum Gasteiger partial charge on any atom is -0.497 e. The molecule has 0 amide bonds. The van der Waals surface area contributed by atoms with Crippen LogP contribution in [0.1, 0.15) is 24.0 Å². The molecule has 0 spiro atoms. The summed E-state index contributed by atoms with van der Waals surface area (Å²) in [4.78, 5) is 20.3. The summed E-state index contributed by atoms with van der Waals surface area (Å²) in [5.74, 6) is -1.09. The zero-order valence-electron chi connectivity index (χ0n) is 20.2. The van der Waals surface area contributed by atoms with Gasteiger partial charge in [-0.2, -0.15) is 0 Å². The van der Waals surface area contributed by atoms with Gasteiger partial charge in [-0.1, -0.05) is 30.3 Å². The molecule has 4 aromatic rings. The number of nitrogens with zero attached hydrogens (tertiary/aromatic N) is 2. The van der Waals surface area contributed by atoms with Gasteiger partial charge in [0.1, 0.15) is 5.75 Å². The molecule has 1 aromatic heterocycles. The number of aliphatic hydroxyl groups is 1. The molecule has 0 aliphatic rings. The molecule has 1 unspecified atom stereocenters. The molecule has 1 atom stereocenters. The highest BCUT2D eigenvalue weighted by molar-refractivity contribution is 7.92. The van der Waals surface area contributed by atoms with E-state index in [2.05, 4.69) is 20.0 Å². The van der Waals surface area contributed by atoms with Gasteiger partial charge in [0.25, 0.3) is 10.0 Å². The lowest BCUT2D eigenvalue weighted by atomic mass is 10.0. The second-order valence-corrected chi connectivity index (χ2v) is 9.95. The number of aliphatic carboxylic acids is 1. The molecule has 10 nitrogen and oxygen atoms in total. The highest BCUT2D eigenvalue weighted by atomic mass is 32.2. The number of hydrogen-bond acceptors (Lipinski definition) is 8. The van der Waals surface area contributed by atoms with E-state index in [0.29, 0.717) is 34.5 Å². The van der Waals surface area contributed by atoms with Crippen molar-refractivity contribution in [2.24, 2.45) is 0 Å². The predicted molar refractivity (Wildman–Crippen MR) is 140 cm³/mol. The van der Waals surface area contributed by atoms with Crippen molar-refractivity contribution in [3.05, 3.63) is 77.9 Å². The van der Waals surface area contributed by atoms with Gasteiger partial charge in [0, 0.05) is 18.4 Å². The summed E-state index contributed by atoms with van der Waals surface area (Å²) in [6.07, 6.45) is 0.357. The molecule has 3 aromatic carbocycles. The summed E-state index contributed by atoms with van der Waals surface area (Å²) >= 11 is 0. The van der Waals surface area contributed by atoms with Crippen molar-refractivity contribution in [1.29, 1.82) is 0 Å². The summed E-state index contributed by atoms with van der Waals surface area (Å²) in [5.41, 5.74) is 2.86. The lowest BCUT2D eigenvalue weighted by molar-refractivity contribution is -0.138. The number of carboxylic acid groups (broad SMARTS) is 1. The maximum atomic E-state index is 13.3. The number of para-hydroxylation sites is 2. The Kier molecular flexibility index (Phi) is 7.55. The van der Waals surface area contributed by atoms with Gasteiger partial charge < -0.3 is 20.3 Å². The summed E-state index contributed by atoms with van der Waals surface area (Å²) in [6, 6.07) is 18.0. The number of benzene rings is 3. The monoisotopic (exact) mass is 522 g/mol. The molecular weight excluding hydrogens is 496 g/mol. The molecule has 0 fully saturated rings. The number of rotatable bonds is 10. The van der Waals surface area contributed by atoms with Gasteiger partial charge in [-0.05, 0) is 54.8 Å². The zero-order chi connectivity index (χ0) is 26.6. The highest BCUT2D eigenvalue weighted by Crippen LogP contribution is 2.31. The van der Waals surface area contributed by atoms with Gasteiger partial charge in [-0.3, -0.25) is 9.52 Å². The number of methoxy groups -OCH3 is 1. The van der Waals surface area contributed by atoms with E-state index in [1.165, 1.54) is 38.3 Å². The van der Waals surface area contributed by atoms with Crippen LogP contribution >= 0.6 is 0 Å². The Balaban J connectivity index is 1.74. The average molecular weight is 523 g/mol. The van der Waals surface area contributed by atoms with E-state index in [-0.39, 0.29) is 23.1 Å². The molecule has 0 aliphatic heterocycles. The minimum absolute atomic E-state index is 0.0283. The fraction of sp³-hybridized carbons (Fsp3) is 0.192. The first-order valence-electron chi connectivity index (χ1n) is 11.4. The molecule has 0 bridgehead atoms. The number of carboxylic acids is 1. The second kappa shape index (κ2) is 10.8. The van der Waals surface area contributed by atoms with Crippen molar-refractivity contribution >= 4 is 44.3 Å². The normalized spacial score (nSPS) is 12.2. The number of hydrogen-bond donors (Lipinski definition) is 4. The molecule has 0 radical (unpaired) electrons. The second-order valence-electron chi connectivity index (χ2n) is 8.27. The minimum atomic E-state index is -4.10. The number of sulfonamides is 1. The standard InChI is InChI=1S/C26H26N4O6S/c1-16(26(32)33)17-8-11-20(12-9-17)37(34,35)30-25-24(27-21-5-3-4-6-22(21)28-25)29-23-15-19(36-2)10-7-18(23)13-14-31/h3-12,15-16,31H,13-14H2,1-2H3,(H,27,29)(H,28,30)(H,32,33). The Hall–Kier alpha value is -4.22. The quantitative estimate of drug-likeness (QED) is 0.243. The summed E-state index contributed by atoms with van der Waals surface area (Å²) in [5, 5.41) is 21.8. The third kappa shape index (κ3) is 5.79. The first-order valence-corrected chi connectivity index (χ1v) is 12.9. The lowest BCUT2D eigenvalue weighted by Crippen LogP contribution is -2.16. The fourth-order valence-electron chi connectivity index (χ4n) is 3.69. The van der Waals surface area contributed by atoms with Gasteiger partial charge in [0.2, 0.25) is 0 Å². The van der Waals surface area contributed by atoms with Crippen LogP contribution in [0.15, 0.2) is 71.6 Å². The molecule has 37 heavy (non-hydrogen) atoms. The molecule has 1 heterocycles. The van der Waals surface area contributed by atoms with Crippen molar-refractivity contribution in [2.45, 2.75) is 24.2 Å². The molecule has 0 saturated heterocycles. The van der Waals surface area contributed by atoms with Crippen LogP contribution in [0, 0.1) is 0 Å². The Morgan fingerprint density at radius 3 is 2.24 bits per heavy atom. The molecule has 192 valence electrons. The number of ether oxygens (including phenoxy) is 1. The van der Waals surface area contributed by atoms with E-state index in [1.54, 1.807) is 42.5 Å². The van der Waals surface area contributed by atoms with Crippen LogP contribution < -0.4 is 14.8 Å². The molecule has 0 saturated carbocycles. The molecule has 0 aliphatic carbocycles. The molecule has 4 rings (SSSR count). The third-order valence-electron chi connectivity index (χ3n) is 5.81. The van der Waals surface area contributed by atoms with Crippen molar-refractivity contribution in [1.82, 2.24) is 9.97 Å². The van der Waals surface area contributed by atoms with E-state index in [4.69, 9.17) is 4.74 Å². The average Bonchev–Trinajstić information content (AvgIpc) is 2.89. The smallest absolute Gasteiger partial charge is 0.310 e. The molecule has 4 N–H and O–H groups in total. The first-order chi connectivity index (χ1) is 17.7. The van der Waals surface area contributed by atoms with Gasteiger partial charge >= 0.3 is 5.97 Å². The van der Waals surface area contributed by atoms with Crippen molar-refractivity contribution in [3.8, 4) is 5.75 Å². The number of aliphatic hydroxyl groups excluding tert-OH is 1. The number of fused-ring (bicyclic) bond motifs is 1. The molecular formula is C26H26N4O6S. The van der Waals surface area contributed by atoms with Crippen LogP contribution in [-0.2, 0) is 21.2 Å². The summed E-state index contributed by atoms with van der Waals surface area (Å²) in [6.45, 7) is 1.44. The van der Waals surface area contributed by atoms with Crippen molar-refractivity contribution in [3.63, 3.8) is 0 Å². The van der Waals surface area contributed by atoms with Crippen molar-refractivity contribution in [2.75, 3.05) is 23.8 Å². The number of anilines is 3. The first kappa shape index (κ1) is 25.9. The van der Waals surface area contributed by atoms with Crippen LogP contribution in [0.5, 0.6) is 5.75 Å². The lowest BCUT2D eigenvalue weighted by Gasteiger charge is -2.17. The Labute approximate surface area is 214 Å². The van der Waals surface area contributed by atoms with Gasteiger partial charge in [-0.25, -0.2) is 18.4 Å². The van der Waals surface area contributed by atoms with Gasteiger partial charge in [0.15, 0.2) is 11.6 Å². The third-order valence-corrected chi connectivity index (χ3v) is 7.17. The Morgan fingerprint density at radius 1 is 1.00 bits per heavy atom. The molecule has 11 heteroatoms. The number of aromatic nitrogens is 2. The van der Waals surface area contributed by atoms with Crippen LogP contribution in [0.3, 0.4) is 0 Å². The van der Waals surface area contributed by atoms with E-state index in [9.17, 15) is 23.4 Å². The maximum absolute atomic E-state index is 13.3. The van der Waals surface area contributed by atoms with E-state index < -0.39 is 21.9 Å². The summed E-state index contributed by atoms with van der Waals surface area (Å²) < 4.78 is 34.3. The maximum Gasteiger partial charge on any atom is 0.310 e. The van der Waals surface area contributed by atoms with Crippen LogP contribution in [0.4, 0.5) is 17.3 Å². The predicted octanol–water partition coefficient (Wildman–Crippen LogP) is 3.91.